The molecule has 1 heterocycles. The monoisotopic (exact) mass is 285 g/mol. The van der Waals surface area contributed by atoms with Crippen molar-refractivity contribution in [1.82, 2.24) is 9.71 Å². The molecule has 1 aromatic heterocycles. The van der Waals surface area contributed by atoms with E-state index in [1.165, 1.54) is 6.20 Å². The smallest absolute Gasteiger partial charge is 0.260 e. The van der Waals surface area contributed by atoms with Crippen molar-refractivity contribution in [2.45, 2.75) is 45.7 Å². The quantitative estimate of drug-likeness (QED) is 0.870. The second-order valence-electron chi connectivity index (χ2n) is 5.60. The molecule has 19 heavy (non-hydrogen) atoms. The second-order valence-corrected chi connectivity index (χ2v) is 7.22. The van der Waals surface area contributed by atoms with Crippen LogP contribution in [0.4, 0.5) is 5.69 Å². The molecule has 1 atom stereocenters. The summed E-state index contributed by atoms with van der Waals surface area (Å²) in [7, 11) is -3.62. The van der Waals surface area contributed by atoms with Gasteiger partial charge in [0.25, 0.3) is 10.0 Å². The van der Waals surface area contributed by atoms with Crippen molar-refractivity contribution < 1.29 is 8.42 Å². The van der Waals surface area contributed by atoms with Crippen LogP contribution in [0.2, 0.25) is 0 Å². The Morgan fingerprint density at radius 3 is 2.53 bits per heavy atom. The first kappa shape index (κ1) is 15.9. The molecular weight excluding hydrogens is 262 g/mol. The van der Waals surface area contributed by atoms with Gasteiger partial charge in [0.1, 0.15) is 0 Å². The molecule has 0 aliphatic carbocycles. The third-order valence-corrected chi connectivity index (χ3v) is 4.52. The lowest BCUT2D eigenvalue weighted by Crippen LogP contribution is -2.41. The highest BCUT2D eigenvalue weighted by Gasteiger charge is 2.28. The van der Waals surface area contributed by atoms with Gasteiger partial charge in [0.2, 0.25) is 0 Å². The van der Waals surface area contributed by atoms with Crippen LogP contribution in [0.15, 0.2) is 23.4 Å². The lowest BCUT2D eigenvalue weighted by molar-refractivity contribution is 0.317. The van der Waals surface area contributed by atoms with Crippen molar-refractivity contribution >= 4 is 15.7 Å². The number of anilines is 1. The number of hydrogen-bond acceptors (Lipinski definition) is 4. The first-order chi connectivity index (χ1) is 8.68. The molecule has 5 nitrogen and oxygen atoms in total. The Kier molecular flexibility index (Phi) is 4.92. The van der Waals surface area contributed by atoms with Crippen LogP contribution in [0.1, 0.15) is 34.6 Å². The topological polar surface area (TPSA) is 71.1 Å². The average Bonchev–Trinajstić information content (AvgIpc) is 2.28. The number of nitrogens with one attached hydrogen (secondary N) is 2. The van der Waals surface area contributed by atoms with Crippen LogP contribution in [-0.4, -0.2) is 26.0 Å². The minimum atomic E-state index is -3.62. The number of sulfonamides is 1. The molecule has 0 fully saturated rings. The second kappa shape index (κ2) is 5.88. The maximum atomic E-state index is 12.4. The molecule has 0 spiro atoms. The van der Waals surface area contributed by atoms with Gasteiger partial charge in [-0.1, -0.05) is 20.8 Å². The molecule has 0 aliphatic heterocycles. The fourth-order valence-corrected chi connectivity index (χ4v) is 2.96. The molecule has 1 aromatic rings. The summed E-state index contributed by atoms with van der Waals surface area (Å²) in [5, 5.41) is 3.06. The fourth-order valence-electron chi connectivity index (χ4n) is 1.40. The van der Waals surface area contributed by atoms with E-state index in [2.05, 4.69) is 15.0 Å². The SMILES string of the molecule is CCNc1cccnc1S(=O)(=O)NC(C)C(C)(C)C. The number of aromatic nitrogens is 1. The van der Waals surface area contributed by atoms with Crippen LogP contribution in [0.25, 0.3) is 0 Å². The van der Waals surface area contributed by atoms with Crippen molar-refractivity contribution in [2.24, 2.45) is 5.41 Å². The van der Waals surface area contributed by atoms with Gasteiger partial charge in [0.05, 0.1) is 5.69 Å². The van der Waals surface area contributed by atoms with Gasteiger partial charge in [-0.25, -0.2) is 18.1 Å². The van der Waals surface area contributed by atoms with Gasteiger partial charge in [-0.2, -0.15) is 0 Å². The largest absolute Gasteiger partial charge is 0.383 e. The molecule has 0 radical (unpaired) electrons. The van der Waals surface area contributed by atoms with E-state index < -0.39 is 10.0 Å². The van der Waals surface area contributed by atoms with Gasteiger partial charge in [-0.05, 0) is 31.4 Å². The Balaban J connectivity index is 3.07. The van der Waals surface area contributed by atoms with Gasteiger partial charge in [0.15, 0.2) is 5.03 Å². The Morgan fingerprint density at radius 1 is 1.37 bits per heavy atom. The van der Waals surface area contributed by atoms with E-state index in [-0.39, 0.29) is 16.5 Å². The van der Waals surface area contributed by atoms with Crippen molar-refractivity contribution in [3.8, 4) is 0 Å². The molecule has 0 amide bonds. The zero-order valence-electron chi connectivity index (χ0n) is 12.2. The maximum Gasteiger partial charge on any atom is 0.260 e. The lowest BCUT2D eigenvalue weighted by atomic mass is 9.89. The fraction of sp³-hybridized carbons (Fsp3) is 0.615. The van der Waals surface area contributed by atoms with E-state index in [1.807, 2.05) is 34.6 Å². The third-order valence-electron chi connectivity index (χ3n) is 3.02. The Morgan fingerprint density at radius 2 is 2.00 bits per heavy atom. The van der Waals surface area contributed by atoms with Gasteiger partial charge in [-0.15, -0.1) is 0 Å². The summed E-state index contributed by atoms with van der Waals surface area (Å²) in [6, 6.07) is 3.24. The maximum absolute atomic E-state index is 12.4. The van der Waals surface area contributed by atoms with Crippen molar-refractivity contribution in [2.75, 3.05) is 11.9 Å². The molecule has 108 valence electrons. The summed E-state index contributed by atoms with van der Waals surface area (Å²) in [5.74, 6) is 0. The molecule has 1 rings (SSSR count). The zero-order chi connectivity index (χ0) is 14.7. The summed E-state index contributed by atoms with van der Waals surface area (Å²) in [4.78, 5) is 3.99. The molecule has 0 aliphatic rings. The van der Waals surface area contributed by atoms with Gasteiger partial charge < -0.3 is 5.32 Å². The molecule has 0 saturated carbocycles. The predicted molar refractivity (Wildman–Crippen MR) is 77.6 cm³/mol. The third kappa shape index (κ3) is 4.18. The number of pyridine rings is 1. The van der Waals surface area contributed by atoms with E-state index >= 15 is 0 Å². The number of hydrogen-bond donors (Lipinski definition) is 2. The Labute approximate surface area is 115 Å². The highest BCUT2D eigenvalue weighted by Crippen LogP contribution is 2.23. The molecule has 6 heteroatoms. The van der Waals surface area contributed by atoms with Crippen LogP contribution in [0.5, 0.6) is 0 Å². The summed E-state index contributed by atoms with van der Waals surface area (Å²) >= 11 is 0. The predicted octanol–water partition coefficient (Wildman–Crippen LogP) is 2.23. The van der Waals surface area contributed by atoms with Crippen LogP contribution >= 0.6 is 0 Å². The summed E-state index contributed by atoms with van der Waals surface area (Å²) in [6.07, 6.45) is 1.48. The molecule has 0 aromatic carbocycles. The molecular formula is C13H23N3O2S. The molecule has 0 bridgehead atoms. The van der Waals surface area contributed by atoms with Crippen molar-refractivity contribution in [3.63, 3.8) is 0 Å². The highest BCUT2D eigenvalue weighted by molar-refractivity contribution is 7.89. The van der Waals surface area contributed by atoms with Crippen molar-refractivity contribution in [1.29, 1.82) is 0 Å². The summed E-state index contributed by atoms with van der Waals surface area (Å²) in [5.41, 5.74) is 0.374. The lowest BCUT2D eigenvalue weighted by Gasteiger charge is -2.27. The van der Waals surface area contributed by atoms with E-state index in [1.54, 1.807) is 12.1 Å². The van der Waals surface area contributed by atoms with Crippen LogP contribution in [0, 0.1) is 5.41 Å². The Bertz CT molecular complexity index is 521. The van der Waals surface area contributed by atoms with Crippen molar-refractivity contribution in [3.05, 3.63) is 18.3 Å². The average molecular weight is 285 g/mol. The van der Waals surface area contributed by atoms with Crippen LogP contribution in [0.3, 0.4) is 0 Å². The van der Waals surface area contributed by atoms with E-state index in [4.69, 9.17) is 0 Å². The zero-order valence-corrected chi connectivity index (χ0v) is 13.0. The minimum absolute atomic E-state index is 0.0490. The first-order valence-corrected chi connectivity index (χ1v) is 7.88. The highest BCUT2D eigenvalue weighted by atomic mass is 32.2. The molecule has 2 N–H and O–H groups in total. The Hall–Kier alpha value is -1.14. The minimum Gasteiger partial charge on any atom is -0.383 e. The standard InChI is InChI=1S/C13H23N3O2S/c1-6-14-11-8-7-9-15-12(11)19(17,18)16-10(2)13(3,4)5/h7-10,14,16H,6H2,1-5H3. The van der Waals surface area contributed by atoms with Gasteiger partial charge in [0, 0.05) is 18.8 Å². The van der Waals surface area contributed by atoms with Crippen LogP contribution in [-0.2, 0) is 10.0 Å². The number of rotatable bonds is 5. The molecule has 0 saturated heterocycles. The number of nitrogens with zero attached hydrogens (tertiary/aromatic N) is 1. The van der Waals surface area contributed by atoms with Gasteiger partial charge in [-0.3, -0.25) is 0 Å². The van der Waals surface area contributed by atoms with Crippen LogP contribution < -0.4 is 10.0 Å². The van der Waals surface area contributed by atoms with E-state index in [9.17, 15) is 8.42 Å². The summed E-state index contributed by atoms with van der Waals surface area (Å²) in [6.45, 7) is 10.4. The van der Waals surface area contributed by atoms with E-state index in [0.29, 0.717) is 12.2 Å². The summed E-state index contributed by atoms with van der Waals surface area (Å²) < 4.78 is 27.4. The molecule has 1 unspecified atom stereocenters. The first-order valence-electron chi connectivity index (χ1n) is 6.39. The van der Waals surface area contributed by atoms with E-state index in [0.717, 1.165) is 0 Å². The normalized spacial score (nSPS) is 14.2. The van der Waals surface area contributed by atoms with Gasteiger partial charge >= 0.3 is 0 Å².